The first-order valence-corrected chi connectivity index (χ1v) is 10.2. The fourth-order valence-electron chi connectivity index (χ4n) is 3.71. The second kappa shape index (κ2) is 7.27. The Morgan fingerprint density at radius 2 is 2.07 bits per heavy atom. The molecule has 140 valence electrons. The van der Waals surface area contributed by atoms with Crippen molar-refractivity contribution in [3.05, 3.63) is 51.4 Å². The van der Waals surface area contributed by atoms with Crippen molar-refractivity contribution in [1.82, 2.24) is 9.55 Å². The summed E-state index contributed by atoms with van der Waals surface area (Å²) in [5, 5.41) is 2.57. The summed E-state index contributed by atoms with van der Waals surface area (Å²) in [6, 6.07) is 5.79. The number of hydrogen-bond acceptors (Lipinski definition) is 5. The molecule has 0 aliphatic heterocycles. The summed E-state index contributed by atoms with van der Waals surface area (Å²) in [5.41, 5.74) is 4.53. The summed E-state index contributed by atoms with van der Waals surface area (Å²) >= 11 is 1.46. The highest BCUT2D eigenvalue weighted by Gasteiger charge is 2.21. The minimum Gasteiger partial charge on any atom is -0.464 e. The van der Waals surface area contributed by atoms with Crippen LogP contribution in [0.5, 0.6) is 0 Å². The fourth-order valence-corrected chi connectivity index (χ4v) is 4.62. The van der Waals surface area contributed by atoms with Crippen LogP contribution in [-0.2, 0) is 22.4 Å². The molecule has 0 fully saturated rings. The van der Waals surface area contributed by atoms with Crippen LogP contribution in [0.3, 0.4) is 0 Å². The lowest BCUT2D eigenvalue weighted by Crippen LogP contribution is -2.29. The van der Waals surface area contributed by atoms with Crippen LogP contribution in [0.2, 0.25) is 0 Å². The van der Waals surface area contributed by atoms with E-state index in [2.05, 4.69) is 23.2 Å². The van der Waals surface area contributed by atoms with Crippen LogP contribution in [0, 0.1) is 0 Å². The topological polar surface area (TPSA) is 61.2 Å². The van der Waals surface area contributed by atoms with Gasteiger partial charge < -0.3 is 4.74 Å². The van der Waals surface area contributed by atoms with Crippen molar-refractivity contribution in [2.75, 3.05) is 6.61 Å². The van der Waals surface area contributed by atoms with Gasteiger partial charge in [0.25, 0.3) is 5.56 Å². The van der Waals surface area contributed by atoms with E-state index in [-0.39, 0.29) is 12.2 Å². The minimum absolute atomic E-state index is 0.200. The van der Waals surface area contributed by atoms with Crippen LogP contribution in [0.4, 0.5) is 0 Å². The van der Waals surface area contributed by atoms with E-state index in [0.717, 1.165) is 24.0 Å². The first kappa shape index (κ1) is 17.9. The number of ether oxygens (including phenoxy) is 1. The second-order valence-corrected chi connectivity index (χ2v) is 7.76. The Morgan fingerprint density at radius 3 is 2.85 bits per heavy atom. The molecule has 2 heterocycles. The number of hydrogen-bond donors (Lipinski definition) is 0. The summed E-state index contributed by atoms with van der Waals surface area (Å²) in [5.74, 6) is -0.425. The Morgan fingerprint density at radius 1 is 1.30 bits per heavy atom. The first-order chi connectivity index (χ1) is 13.1. The van der Waals surface area contributed by atoms with Crippen molar-refractivity contribution in [2.45, 2.75) is 45.6 Å². The predicted molar refractivity (Wildman–Crippen MR) is 107 cm³/mol. The van der Waals surface area contributed by atoms with E-state index in [1.165, 1.54) is 46.2 Å². The van der Waals surface area contributed by atoms with Gasteiger partial charge in [0.05, 0.1) is 18.3 Å². The molecule has 1 aromatic carbocycles. The monoisotopic (exact) mass is 382 g/mol. The van der Waals surface area contributed by atoms with Gasteiger partial charge in [-0.1, -0.05) is 18.2 Å². The highest BCUT2D eigenvalue weighted by Crippen LogP contribution is 2.33. The van der Waals surface area contributed by atoms with Gasteiger partial charge in [0.15, 0.2) is 0 Å². The molecule has 0 spiro atoms. The largest absolute Gasteiger partial charge is 0.464 e. The lowest BCUT2D eigenvalue weighted by atomic mass is 9.89. The van der Waals surface area contributed by atoms with Crippen LogP contribution < -0.4 is 5.56 Å². The summed E-state index contributed by atoms with van der Waals surface area (Å²) in [6.45, 7) is 3.70. The third-order valence-corrected chi connectivity index (χ3v) is 6.11. The molecule has 0 amide bonds. The third kappa shape index (κ3) is 3.18. The van der Waals surface area contributed by atoms with Gasteiger partial charge in [-0.2, -0.15) is 0 Å². The molecule has 2 aromatic heterocycles. The molecule has 27 heavy (non-hydrogen) atoms. The van der Waals surface area contributed by atoms with E-state index in [0.29, 0.717) is 10.2 Å². The zero-order chi connectivity index (χ0) is 19.0. The fraction of sp³-hybridized carbons (Fsp3) is 0.381. The average molecular weight is 382 g/mol. The molecule has 0 saturated carbocycles. The van der Waals surface area contributed by atoms with Crippen LogP contribution in [0.15, 0.2) is 34.7 Å². The number of carbonyl (C=O) groups is 1. The van der Waals surface area contributed by atoms with Crippen molar-refractivity contribution < 1.29 is 9.53 Å². The lowest BCUT2D eigenvalue weighted by Gasteiger charge is -2.16. The molecular weight excluding hydrogens is 360 g/mol. The van der Waals surface area contributed by atoms with Crippen LogP contribution >= 0.6 is 11.3 Å². The first-order valence-electron chi connectivity index (χ1n) is 9.37. The zero-order valence-corrected chi connectivity index (χ0v) is 16.3. The maximum absolute atomic E-state index is 13.1. The van der Waals surface area contributed by atoms with Gasteiger partial charge in [-0.25, -0.2) is 9.78 Å². The van der Waals surface area contributed by atoms with Crippen LogP contribution in [0.25, 0.3) is 21.3 Å². The third-order valence-electron chi connectivity index (χ3n) is 5.22. The van der Waals surface area contributed by atoms with E-state index in [4.69, 9.17) is 4.74 Å². The quantitative estimate of drug-likeness (QED) is 0.637. The number of fused-ring (bicyclic) bond motifs is 2. The van der Waals surface area contributed by atoms with Gasteiger partial charge in [-0.3, -0.25) is 9.36 Å². The maximum atomic E-state index is 13.1. The van der Waals surface area contributed by atoms with Crippen molar-refractivity contribution in [1.29, 1.82) is 0 Å². The van der Waals surface area contributed by atoms with E-state index >= 15 is 0 Å². The molecule has 6 heteroatoms. The van der Waals surface area contributed by atoms with E-state index in [9.17, 15) is 9.59 Å². The molecule has 0 unspecified atom stereocenters. The predicted octanol–water partition coefficient (Wildman–Crippen LogP) is 4.13. The number of rotatable bonds is 4. The number of aromatic nitrogens is 2. The number of aryl methyl sites for hydroxylation is 2. The number of nitrogens with zero attached hydrogens (tertiary/aromatic N) is 2. The van der Waals surface area contributed by atoms with Crippen molar-refractivity contribution in [3.8, 4) is 11.1 Å². The Balaban J connectivity index is 1.82. The van der Waals surface area contributed by atoms with Gasteiger partial charge in [-0.15, -0.1) is 11.3 Å². The number of thiophene rings is 1. The highest BCUT2D eigenvalue weighted by molar-refractivity contribution is 7.17. The SMILES string of the molecule is CCOC(=O)[C@@H](C)n1cnc2scc(-c3ccc4c(c3)CCCC4)c2c1=O. The molecule has 5 nitrogen and oxygen atoms in total. The standard InChI is InChI=1S/C21H22N2O3S/c1-3-26-21(25)13(2)23-12-22-19-18(20(23)24)17(11-27-19)16-9-8-14-6-4-5-7-15(14)10-16/h8-13H,3-7H2,1-2H3/t13-/m1/s1. The number of benzene rings is 1. The van der Waals surface area contributed by atoms with Gasteiger partial charge in [0.1, 0.15) is 10.9 Å². The van der Waals surface area contributed by atoms with Gasteiger partial charge in [0, 0.05) is 10.9 Å². The normalized spacial score (nSPS) is 14.7. The Hall–Kier alpha value is -2.47. The minimum atomic E-state index is -0.703. The number of esters is 1. The number of carbonyl (C=O) groups excluding carboxylic acids is 1. The molecule has 1 aliphatic carbocycles. The summed E-state index contributed by atoms with van der Waals surface area (Å²) in [6.07, 6.45) is 6.12. The van der Waals surface area contributed by atoms with Crippen LogP contribution in [0.1, 0.15) is 43.9 Å². The molecule has 1 aliphatic rings. The summed E-state index contributed by atoms with van der Waals surface area (Å²) in [7, 11) is 0. The smallest absolute Gasteiger partial charge is 0.328 e. The Bertz CT molecular complexity index is 1070. The van der Waals surface area contributed by atoms with Gasteiger partial charge >= 0.3 is 5.97 Å². The maximum Gasteiger partial charge on any atom is 0.328 e. The van der Waals surface area contributed by atoms with Gasteiger partial charge in [0.2, 0.25) is 0 Å². The van der Waals surface area contributed by atoms with Gasteiger partial charge in [-0.05, 0) is 56.2 Å². The molecule has 1 atom stereocenters. The molecule has 0 saturated heterocycles. The summed E-state index contributed by atoms with van der Waals surface area (Å²) in [4.78, 5) is 30.3. The second-order valence-electron chi connectivity index (χ2n) is 6.91. The molecule has 0 N–H and O–H groups in total. The van der Waals surface area contributed by atoms with Crippen molar-refractivity contribution in [2.24, 2.45) is 0 Å². The van der Waals surface area contributed by atoms with Crippen molar-refractivity contribution >= 4 is 27.5 Å². The molecule has 3 aromatic rings. The highest BCUT2D eigenvalue weighted by atomic mass is 32.1. The Kier molecular flexibility index (Phi) is 4.83. The molecule has 4 rings (SSSR count). The van der Waals surface area contributed by atoms with E-state index in [1.54, 1.807) is 13.8 Å². The lowest BCUT2D eigenvalue weighted by molar-refractivity contribution is -0.146. The molecule has 0 radical (unpaired) electrons. The van der Waals surface area contributed by atoms with Crippen molar-refractivity contribution in [3.63, 3.8) is 0 Å². The summed E-state index contributed by atoms with van der Waals surface area (Å²) < 4.78 is 6.43. The van der Waals surface area contributed by atoms with Crippen LogP contribution in [-0.4, -0.2) is 22.1 Å². The van der Waals surface area contributed by atoms with E-state index < -0.39 is 12.0 Å². The molecular formula is C21H22N2O3S. The Labute approximate surface area is 161 Å². The zero-order valence-electron chi connectivity index (χ0n) is 15.5. The average Bonchev–Trinajstić information content (AvgIpc) is 3.12. The molecule has 0 bridgehead atoms. The van der Waals surface area contributed by atoms with E-state index in [1.807, 2.05) is 5.38 Å².